The molecule has 0 aliphatic carbocycles. The monoisotopic (exact) mass is 525 g/mol. The quantitative estimate of drug-likeness (QED) is 0.363. The molecular formula is C22H22IrNO2-. The molecule has 0 spiro atoms. The Morgan fingerprint density at radius 3 is 2.19 bits per heavy atom. The summed E-state index contributed by atoms with van der Waals surface area (Å²) in [5, 5.41) is 1.22. The fourth-order valence-electron chi connectivity index (χ4n) is 2.63. The van der Waals surface area contributed by atoms with Gasteiger partial charge in [-0.05, 0) is 38.1 Å². The third-order valence-electron chi connectivity index (χ3n) is 3.74. The molecule has 4 heteroatoms. The van der Waals surface area contributed by atoms with Crippen LogP contribution in [0.2, 0.25) is 0 Å². The molecule has 0 fully saturated rings. The van der Waals surface area contributed by atoms with Gasteiger partial charge in [-0.15, -0.1) is 35.4 Å². The molecule has 0 saturated carbocycles. The van der Waals surface area contributed by atoms with E-state index in [2.05, 4.69) is 50.2 Å². The van der Waals surface area contributed by atoms with Gasteiger partial charge in [-0.3, -0.25) is 14.6 Å². The standard InChI is InChI=1S/C17H14N.C5H8O2.Ir/c1-12-7-3-4-8-14(12)17-11-13(2)15-9-5-6-10-16(15)18-17;1-4(6)3-5(2)7;/h3-7,9-11H,1-2H3;3H2,1-2H3;/q-1;;. The molecule has 0 aliphatic heterocycles. The SMILES string of the molecule is CC(=O)CC(C)=O.Cc1ccc[c-]c1-c1cc(C)c2ccccc2n1.[Ir]. The summed E-state index contributed by atoms with van der Waals surface area (Å²) in [6, 6.07) is 19.7. The van der Waals surface area contributed by atoms with Gasteiger partial charge in [0.1, 0.15) is 11.6 Å². The van der Waals surface area contributed by atoms with Crippen molar-refractivity contribution in [1.82, 2.24) is 4.98 Å². The molecule has 0 amide bonds. The number of benzene rings is 2. The van der Waals surface area contributed by atoms with E-state index in [0.717, 1.165) is 16.8 Å². The molecule has 0 unspecified atom stereocenters. The Bertz CT molecular complexity index is 907. The summed E-state index contributed by atoms with van der Waals surface area (Å²) in [6.07, 6.45) is 0.0833. The van der Waals surface area contributed by atoms with Crippen molar-refractivity contribution in [2.75, 3.05) is 0 Å². The predicted octanol–water partition coefficient (Wildman–Crippen LogP) is 4.87. The zero-order valence-electron chi connectivity index (χ0n) is 15.4. The van der Waals surface area contributed by atoms with Gasteiger partial charge in [0.05, 0.1) is 11.9 Å². The van der Waals surface area contributed by atoms with Gasteiger partial charge >= 0.3 is 0 Å². The number of hydrogen-bond acceptors (Lipinski definition) is 3. The summed E-state index contributed by atoms with van der Waals surface area (Å²) in [7, 11) is 0. The maximum Gasteiger partial charge on any atom is 0.137 e. The minimum absolute atomic E-state index is 0. The van der Waals surface area contributed by atoms with Gasteiger partial charge in [0.15, 0.2) is 0 Å². The topological polar surface area (TPSA) is 47.0 Å². The summed E-state index contributed by atoms with van der Waals surface area (Å²) in [5.74, 6) is -0.125. The van der Waals surface area contributed by atoms with Crippen molar-refractivity contribution >= 4 is 22.5 Å². The Kier molecular flexibility index (Phi) is 8.50. The molecule has 1 radical (unpaired) electrons. The molecule has 0 bridgehead atoms. The average Bonchev–Trinajstić information content (AvgIpc) is 2.54. The summed E-state index contributed by atoms with van der Waals surface area (Å²) in [4.78, 5) is 24.8. The third-order valence-corrected chi connectivity index (χ3v) is 3.74. The molecule has 137 valence electrons. The Balaban J connectivity index is 0.000000366. The van der Waals surface area contributed by atoms with E-state index < -0.39 is 0 Å². The number of hydrogen-bond donors (Lipinski definition) is 0. The fourth-order valence-corrected chi connectivity index (χ4v) is 2.63. The van der Waals surface area contributed by atoms with Gasteiger partial charge in [-0.25, -0.2) is 0 Å². The van der Waals surface area contributed by atoms with Crippen LogP contribution in [0.1, 0.15) is 31.4 Å². The van der Waals surface area contributed by atoms with Gasteiger partial charge < -0.3 is 0 Å². The molecule has 0 aliphatic rings. The van der Waals surface area contributed by atoms with Gasteiger partial charge in [-0.2, -0.15) is 0 Å². The first-order valence-electron chi connectivity index (χ1n) is 8.21. The average molecular weight is 525 g/mol. The number of ketones is 2. The van der Waals surface area contributed by atoms with Crippen molar-refractivity contribution in [2.24, 2.45) is 0 Å². The van der Waals surface area contributed by atoms with Crippen LogP contribution in [-0.2, 0) is 29.7 Å². The second-order valence-electron chi connectivity index (χ2n) is 6.15. The first-order chi connectivity index (χ1) is 11.9. The normalized spacial score (nSPS) is 9.69. The van der Waals surface area contributed by atoms with Crippen molar-refractivity contribution in [3.8, 4) is 11.3 Å². The van der Waals surface area contributed by atoms with Crippen LogP contribution in [0, 0.1) is 19.9 Å². The number of nitrogens with zero attached hydrogens (tertiary/aromatic N) is 1. The van der Waals surface area contributed by atoms with Crippen LogP contribution in [0.25, 0.3) is 22.2 Å². The smallest absolute Gasteiger partial charge is 0.137 e. The second-order valence-corrected chi connectivity index (χ2v) is 6.15. The van der Waals surface area contributed by atoms with E-state index in [9.17, 15) is 9.59 Å². The van der Waals surface area contributed by atoms with Crippen molar-refractivity contribution in [1.29, 1.82) is 0 Å². The predicted molar refractivity (Wildman–Crippen MR) is 101 cm³/mol. The van der Waals surface area contributed by atoms with Crippen LogP contribution in [0.3, 0.4) is 0 Å². The van der Waals surface area contributed by atoms with Gasteiger partial charge in [-0.1, -0.05) is 31.2 Å². The Morgan fingerprint density at radius 2 is 1.62 bits per heavy atom. The number of aromatic nitrogens is 1. The third kappa shape index (κ3) is 5.98. The van der Waals surface area contributed by atoms with E-state index in [1.165, 1.54) is 30.4 Å². The van der Waals surface area contributed by atoms with Crippen molar-refractivity contribution in [2.45, 2.75) is 34.1 Å². The van der Waals surface area contributed by atoms with Crippen LogP contribution in [0.5, 0.6) is 0 Å². The first kappa shape index (κ1) is 21.9. The molecular weight excluding hydrogens is 502 g/mol. The van der Waals surface area contributed by atoms with Crippen LogP contribution in [-0.4, -0.2) is 16.6 Å². The van der Waals surface area contributed by atoms with Crippen LogP contribution >= 0.6 is 0 Å². The number of carbonyl (C=O) groups excluding carboxylic acids is 2. The largest absolute Gasteiger partial charge is 0.300 e. The van der Waals surface area contributed by atoms with Gasteiger partial charge in [0.25, 0.3) is 0 Å². The number of rotatable bonds is 3. The molecule has 0 N–H and O–H groups in total. The first-order valence-corrected chi connectivity index (χ1v) is 8.21. The minimum atomic E-state index is -0.0625. The Morgan fingerprint density at radius 1 is 0.962 bits per heavy atom. The van der Waals surface area contributed by atoms with Crippen LogP contribution in [0.4, 0.5) is 0 Å². The second kappa shape index (κ2) is 10.1. The summed E-state index contributed by atoms with van der Waals surface area (Å²) in [6.45, 7) is 7.03. The molecule has 0 saturated heterocycles. The molecule has 3 aromatic rings. The van der Waals surface area contributed by atoms with E-state index in [1.807, 2.05) is 18.2 Å². The molecule has 26 heavy (non-hydrogen) atoms. The summed E-state index contributed by atoms with van der Waals surface area (Å²) < 4.78 is 0. The minimum Gasteiger partial charge on any atom is -0.300 e. The number of aryl methyl sites for hydroxylation is 2. The number of fused-ring (bicyclic) bond motifs is 1. The van der Waals surface area contributed by atoms with Crippen molar-refractivity contribution < 1.29 is 29.7 Å². The number of Topliss-reactive ketones (excluding diaryl/α,β-unsaturated/α-hetero) is 2. The van der Waals surface area contributed by atoms with E-state index >= 15 is 0 Å². The maximum absolute atomic E-state index is 10.0. The summed E-state index contributed by atoms with van der Waals surface area (Å²) in [5.41, 5.74) is 5.60. The van der Waals surface area contributed by atoms with Crippen molar-refractivity contribution in [3.05, 3.63) is 65.7 Å². The van der Waals surface area contributed by atoms with E-state index in [1.54, 1.807) is 0 Å². The van der Waals surface area contributed by atoms with Crippen molar-refractivity contribution in [3.63, 3.8) is 0 Å². The molecule has 3 rings (SSSR count). The van der Waals surface area contributed by atoms with Crippen LogP contribution < -0.4 is 0 Å². The molecule has 0 atom stereocenters. The maximum atomic E-state index is 10.0. The molecule has 1 aromatic heterocycles. The molecule has 2 aromatic carbocycles. The van der Waals surface area contributed by atoms with Crippen LogP contribution in [0.15, 0.2) is 48.5 Å². The zero-order chi connectivity index (χ0) is 18.4. The number of para-hydroxylation sites is 1. The fraction of sp³-hybridized carbons (Fsp3) is 0.227. The Hall–Kier alpha value is -2.16. The molecule has 1 heterocycles. The Labute approximate surface area is 168 Å². The van der Waals surface area contributed by atoms with Gasteiger partial charge in [0, 0.05) is 25.5 Å². The van der Waals surface area contributed by atoms with E-state index in [0.29, 0.717) is 0 Å². The zero-order valence-corrected chi connectivity index (χ0v) is 17.8. The van der Waals surface area contributed by atoms with Gasteiger partial charge in [0.2, 0.25) is 0 Å². The number of carbonyl (C=O) groups is 2. The van der Waals surface area contributed by atoms with E-state index in [4.69, 9.17) is 4.98 Å². The number of pyridine rings is 1. The molecule has 3 nitrogen and oxygen atoms in total. The summed E-state index contributed by atoms with van der Waals surface area (Å²) >= 11 is 0. The van der Waals surface area contributed by atoms with E-state index in [-0.39, 0.29) is 38.1 Å².